The molecule has 6 heteroatoms. The van der Waals surface area contributed by atoms with Gasteiger partial charge in [-0.05, 0) is 64.3 Å². The van der Waals surface area contributed by atoms with Gasteiger partial charge < -0.3 is 31.9 Å². The van der Waals surface area contributed by atoms with E-state index in [-0.39, 0.29) is 18.2 Å². The van der Waals surface area contributed by atoms with Crippen LogP contribution in [0.4, 0.5) is 0 Å². The lowest BCUT2D eigenvalue weighted by Gasteiger charge is -2.15. The lowest BCUT2D eigenvalue weighted by atomic mass is 10.0. The molecule has 0 aromatic carbocycles. The van der Waals surface area contributed by atoms with Gasteiger partial charge in [-0.15, -0.1) is 0 Å². The van der Waals surface area contributed by atoms with Crippen LogP contribution in [0, 0.1) is 0 Å². The highest BCUT2D eigenvalue weighted by atomic mass is 16.3. The van der Waals surface area contributed by atoms with Crippen molar-refractivity contribution in [2.75, 3.05) is 19.8 Å². The first-order chi connectivity index (χ1) is 12.5. The van der Waals surface area contributed by atoms with Gasteiger partial charge in [0.25, 0.3) is 0 Å². The van der Waals surface area contributed by atoms with E-state index in [9.17, 15) is 10.2 Å². The zero-order valence-corrected chi connectivity index (χ0v) is 17.0. The third-order valence-electron chi connectivity index (χ3n) is 4.54. The van der Waals surface area contributed by atoms with Crippen LogP contribution < -0.4 is 11.5 Å². The standard InChI is InChI=1S/C12H28N2O2.C8H18O2/c1-2-10(14)5-6-12(16)8-7-11(15)4-3-9-13;9-7-5-3-1-2-4-6-8-10/h10-12,15-16H,2-9,13-14H2,1H3;9-10H,1-8H2. The Kier molecular flexibility index (Phi) is 24.5. The Labute approximate surface area is 161 Å². The predicted octanol–water partition coefficient (Wildman–Crippen LogP) is 2.06. The average Bonchev–Trinajstić information content (AvgIpc) is 2.65. The smallest absolute Gasteiger partial charge is 0.0541 e. The molecule has 0 aromatic rings. The summed E-state index contributed by atoms with van der Waals surface area (Å²) < 4.78 is 0. The highest BCUT2D eigenvalue weighted by Gasteiger charge is 2.10. The number of rotatable bonds is 17. The SMILES string of the molecule is CCC(N)CCC(O)CCC(O)CCCN.OCCCCCCCCO. The largest absolute Gasteiger partial charge is 0.396 e. The molecule has 0 amide bonds. The molecule has 0 bridgehead atoms. The van der Waals surface area contributed by atoms with Crippen LogP contribution in [0.3, 0.4) is 0 Å². The minimum atomic E-state index is -0.329. The Morgan fingerprint density at radius 1 is 0.654 bits per heavy atom. The lowest BCUT2D eigenvalue weighted by molar-refractivity contribution is 0.101. The first-order valence-corrected chi connectivity index (χ1v) is 10.5. The molecular weight excluding hydrogens is 332 g/mol. The summed E-state index contributed by atoms with van der Waals surface area (Å²) >= 11 is 0. The van der Waals surface area contributed by atoms with Gasteiger partial charge >= 0.3 is 0 Å². The molecule has 0 saturated carbocycles. The minimum Gasteiger partial charge on any atom is -0.396 e. The molecular formula is C20H46N2O4. The van der Waals surface area contributed by atoms with Gasteiger partial charge in [-0.2, -0.15) is 0 Å². The molecule has 0 heterocycles. The summed E-state index contributed by atoms with van der Waals surface area (Å²) in [5.41, 5.74) is 11.1. The topological polar surface area (TPSA) is 133 Å². The molecule has 0 spiro atoms. The van der Waals surface area contributed by atoms with Crippen LogP contribution >= 0.6 is 0 Å². The third kappa shape index (κ3) is 23.8. The van der Waals surface area contributed by atoms with Crippen molar-refractivity contribution in [1.29, 1.82) is 0 Å². The second-order valence-electron chi connectivity index (χ2n) is 7.13. The summed E-state index contributed by atoms with van der Waals surface area (Å²) in [6, 6.07) is 0.191. The van der Waals surface area contributed by atoms with Crippen LogP contribution in [0.1, 0.15) is 90.4 Å². The van der Waals surface area contributed by atoms with Crippen molar-refractivity contribution in [3.05, 3.63) is 0 Å². The summed E-state index contributed by atoms with van der Waals surface area (Å²) in [6.45, 7) is 3.30. The predicted molar refractivity (Wildman–Crippen MR) is 109 cm³/mol. The van der Waals surface area contributed by atoms with E-state index in [0.29, 0.717) is 32.6 Å². The first-order valence-electron chi connectivity index (χ1n) is 10.5. The number of aliphatic hydroxyl groups is 4. The van der Waals surface area contributed by atoms with Crippen LogP contribution in [0.2, 0.25) is 0 Å². The maximum Gasteiger partial charge on any atom is 0.0541 e. The molecule has 3 unspecified atom stereocenters. The molecule has 6 nitrogen and oxygen atoms in total. The molecule has 26 heavy (non-hydrogen) atoms. The molecule has 0 radical (unpaired) electrons. The van der Waals surface area contributed by atoms with Gasteiger partial charge in [-0.1, -0.05) is 32.6 Å². The minimum absolute atomic E-state index is 0.191. The maximum atomic E-state index is 9.68. The molecule has 0 rings (SSSR count). The second-order valence-corrected chi connectivity index (χ2v) is 7.13. The normalized spacial score (nSPS) is 14.4. The van der Waals surface area contributed by atoms with Crippen molar-refractivity contribution in [3.8, 4) is 0 Å². The molecule has 3 atom stereocenters. The number of unbranched alkanes of at least 4 members (excludes halogenated alkanes) is 5. The van der Waals surface area contributed by atoms with Gasteiger partial charge in [0.1, 0.15) is 0 Å². The van der Waals surface area contributed by atoms with E-state index in [1.165, 1.54) is 12.8 Å². The van der Waals surface area contributed by atoms with Crippen molar-refractivity contribution in [2.24, 2.45) is 11.5 Å². The first kappa shape index (κ1) is 28.0. The van der Waals surface area contributed by atoms with Gasteiger partial charge in [-0.3, -0.25) is 0 Å². The van der Waals surface area contributed by atoms with E-state index in [4.69, 9.17) is 21.7 Å². The molecule has 160 valence electrons. The summed E-state index contributed by atoms with van der Waals surface area (Å²) in [4.78, 5) is 0. The maximum absolute atomic E-state index is 9.68. The summed E-state index contributed by atoms with van der Waals surface area (Å²) in [5, 5.41) is 36.1. The Morgan fingerprint density at radius 3 is 1.50 bits per heavy atom. The molecule has 8 N–H and O–H groups in total. The zero-order chi connectivity index (χ0) is 20.0. The van der Waals surface area contributed by atoms with Crippen molar-refractivity contribution < 1.29 is 20.4 Å². The van der Waals surface area contributed by atoms with E-state index < -0.39 is 0 Å². The van der Waals surface area contributed by atoms with Crippen LogP contribution in [0.5, 0.6) is 0 Å². The molecule has 0 aliphatic rings. The molecule has 0 fully saturated rings. The van der Waals surface area contributed by atoms with Gasteiger partial charge in [-0.25, -0.2) is 0 Å². The van der Waals surface area contributed by atoms with E-state index in [1.807, 2.05) is 6.92 Å². The Bertz CT molecular complexity index is 250. The molecule has 0 aliphatic heterocycles. The Hall–Kier alpha value is -0.240. The number of hydrogen-bond donors (Lipinski definition) is 6. The van der Waals surface area contributed by atoms with Crippen LogP contribution in [-0.2, 0) is 0 Å². The van der Waals surface area contributed by atoms with Gasteiger partial charge in [0.05, 0.1) is 12.2 Å². The van der Waals surface area contributed by atoms with E-state index >= 15 is 0 Å². The monoisotopic (exact) mass is 378 g/mol. The number of nitrogens with two attached hydrogens (primary N) is 2. The van der Waals surface area contributed by atoms with Crippen molar-refractivity contribution >= 4 is 0 Å². The van der Waals surface area contributed by atoms with Crippen LogP contribution in [-0.4, -0.2) is 58.4 Å². The van der Waals surface area contributed by atoms with E-state index in [0.717, 1.165) is 57.8 Å². The fourth-order valence-electron chi connectivity index (χ4n) is 2.57. The summed E-state index contributed by atoms with van der Waals surface area (Å²) in [5.74, 6) is 0. The Morgan fingerprint density at radius 2 is 1.08 bits per heavy atom. The highest BCUT2D eigenvalue weighted by Crippen LogP contribution is 2.11. The number of aliphatic hydroxyl groups excluding tert-OH is 4. The molecule has 0 aliphatic carbocycles. The van der Waals surface area contributed by atoms with E-state index in [1.54, 1.807) is 0 Å². The van der Waals surface area contributed by atoms with Crippen molar-refractivity contribution in [1.82, 2.24) is 0 Å². The fourth-order valence-corrected chi connectivity index (χ4v) is 2.57. The lowest BCUT2D eigenvalue weighted by Crippen LogP contribution is -2.22. The van der Waals surface area contributed by atoms with Crippen molar-refractivity contribution in [3.63, 3.8) is 0 Å². The van der Waals surface area contributed by atoms with Gasteiger partial charge in [0.2, 0.25) is 0 Å². The van der Waals surface area contributed by atoms with Gasteiger partial charge in [0, 0.05) is 19.3 Å². The average molecular weight is 379 g/mol. The molecule has 0 saturated heterocycles. The van der Waals surface area contributed by atoms with Crippen molar-refractivity contribution in [2.45, 2.75) is 109 Å². The Balaban J connectivity index is 0. The van der Waals surface area contributed by atoms with Crippen LogP contribution in [0.15, 0.2) is 0 Å². The zero-order valence-electron chi connectivity index (χ0n) is 17.0. The second kappa shape index (κ2) is 22.8. The quantitative estimate of drug-likeness (QED) is 0.215. The summed E-state index contributed by atoms with van der Waals surface area (Å²) in [6.07, 6.45) is 11.3. The highest BCUT2D eigenvalue weighted by molar-refractivity contribution is 4.66. The molecule has 0 aromatic heterocycles. The summed E-state index contributed by atoms with van der Waals surface area (Å²) in [7, 11) is 0. The third-order valence-corrected chi connectivity index (χ3v) is 4.54. The van der Waals surface area contributed by atoms with Crippen LogP contribution in [0.25, 0.3) is 0 Å². The van der Waals surface area contributed by atoms with E-state index in [2.05, 4.69) is 0 Å². The van der Waals surface area contributed by atoms with Gasteiger partial charge in [0.15, 0.2) is 0 Å². The number of hydrogen-bond acceptors (Lipinski definition) is 6. The fraction of sp³-hybridized carbons (Fsp3) is 1.00.